The third kappa shape index (κ3) is 1.29. The summed E-state index contributed by atoms with van der Waals surface area (Å²) in [6.07, 6.45) is 7.16. The molecule has 3 aliphatic carbocycles. The van der Waals surface area contributed by atoms with Crippen LogP contribution in [-0.2, 0) is 5.41 Å². The van der Waals surface area contributed by atoms with Crippen LogP contribution in [0.3, 0.4) is 0 Å². The van der Waals surface area contributed by atoms with Crippen LogP contribution < -0.4 is 0 Å². The number of hydrogen-bond acceptors (Lipinski definition) is 0. The van der Waals surface area contributed by atoms with Gasteiger partial charge in [0.05, 0.1) is 0 Å². The normalized spacial score (nSPS) is 27.3. The maximum absolute atomic E-state index is 2.42. The highest BCUT2D eigenvalue weighted by atomic mass is 14.5. The van der Waals surface area contributed by atoms with E-state index in [1.807, 2.05) is 0 Å². The molecule has 0 saturated heterocycles. The first kappa shape index (κ1) is 11.0. The maximum atomic E-state index is 2.42. The Morgan fingerprint density at radius 2 is 1.53 bits per heavy atom. The van der Waals surface area contributed by atoms with Gasteiger partial charge >= 0.3 is 0 Å². The summed E-state index contributed by atoms with van der Waals surface area (Å²) in [5, 5.41) is 0. The van der Waals surface area contributed by atoms with Crippen LogP contribution in [0.1, 0.15) is 47.9 Å². The van der Waals surface area contributed by atoms with E-state index in [1.165, 1.54) is 24.0 Å². The highest BCUT2D eigenvalue weighted by molar-refractivity contribution is 5.61. The molecule has 94 valence electrons. The van der Waals surface area contributed by atoms with E-state index in [4.69, 9.17) is 0 Å². The average molecular weight is 246 g/mol. The quantitative estimate of drug-likeness (QED) is 0.635. The van der Waals surface area contributed by atoms with Crippen LogP contribution >= 0.6 is 0 Å². The Labute approximate surface area is 114 Å². The van der Waals surface area contributed by atoms with E-state index in [-0.39, 0.29) is 5.41 Å². The van der Waals surface area contributed by atoms with Crippen molar-refractivity contribution in [1.82, 2.24) is 0 Å². The number of hydrogen-bond donors (Lipinski definition) is 0. The van der Waals surface area contributed by atoms with E-state index in [0.29, 0.717) is 5.92 Å². The Bertz CT molecular complexity index is 616. The molecule has 0 aromatic heterocycles. The van der Waals surface area contributed by atoms with E-state index >= 15 is 0 Å². The molecule has 0 radical (unpaired) electrons. The van der Waals surface area contributed by atoms with Gasteiger partial charge < -0.3 is 0 Å². The number of rotatable bonds is 1. The van der Waals surface area contributed by atoms with Gasteiger partial charge in [0.2, 0.25) is 0 Å². The van der Waals surface area contributed by atoms with Crippen LogP contribution in [0.5, 0.6) is 0 Å². The van der Waals surface area contributed by atoms with Crippen molar-refractivity contribution < 1.29 is 0 Å². The topological polar surface area (TPSA) is 0 Å². The van der Waals surface area contributed by atoms with Gasteiger partial charge in [0.25, 0.3) is 0 Å². The average Bonchev–Trinajstić information content (AvgIpc) is 2.49. The fraction of sp³-hybridized carbons (Fsp3) is 0.263. The lowest BCUT2D eigenvalue weighted by molar-refractivity contribution is 0.439. The molecule has 0 aliphatic heterocycles. The summed E-state index contributed by atoms with van der Waals surface area (Å²) in [6.45, 7) is 2.14. The molecule has 3 aliphatic rings. The maximum Gasteiger partial charge on any atom is 0.0388 e. The first-order chi connectivity index (χ1) is 9.37. The number of benzene rings is 2. The van der Waals surface area contributed by atoms with Crippen molar-refractivity contribution in [1.29, 1.82) is 0 Å². The summed E-state index contributed by atoms with van der Waals surface area (Å²) in [5.41, 5.74) is 6.28. The first-order valence-electron chi connectivity index (χ1n) is 7.19. The Morgan fingerprint density at radius 1 is 0.947 bits per heavy atom. The SMILES string of the molecule is C/C=C\C12CCC(c3ccccc31)c1ccccc12. The molecule has 2 aromatic carbocycles. The molecule has 0 spiro atoms. The highest BCUT2D eigenvalue weighted by Crippen LogP contribution is 2.56. The van der Waals surface area contributed by atoms with E-state index in [1.54, 1.807) is 11.1 Å². The molecule has 0 saturated carbocycles. The zero-order chi connectivity index (χ0) is 12.9. The van der Waals surface area contributed by atoms with Gasteiger partial charge in [-0.15, -0.1) is 0 Å². The van der Waals surface area contributed by atoms with Crippen LogP contribution in [0.25, 0.3) is 0 Å². The summed E-state index contributed by atoms with van der Waals surface area (Å²) in [6, 6.07) is 18.1. The highest BCUT2D eigenvalue weighted by Gasteiger charge is 2.46. The van der Waals surface area contributed by atoms with Crippen molar-refractivity contribution >= 4 is 0 Å². The van der Waals surface area contributed by atoms with Crippen molar-refractivity contribution in [3.05, 3.63) is 82.9 Å². The molecule has 0 unspecified atom stereocenters. The van der Waals surface area contributed by atoms with Crippen LogP contribution in [0.4, 0.5) is 0 Å². The van der Waals surface area contributed by atoms with Gasteiger partial charge in [0.1, 0.15) is 0 Å². The Hall–Kier alpha value is -1.82. The molecule has 19 heavy (non-hydrogen) atoms. The largest absolute Gasteiger partial charge is 0.0904 e. The smallest absolute Gasteiger partial charge is 0.0388 e. The van der Waals surface area contributed by atoms with E-state index in [0.717, 1.165) is 0 Å². The minimum atomic E-state index is 0.122. The summed E-state index contributed by atoms with van der Waals surface area (Å²) < 4.78 is 0. The van der Waals surface area contributed by atoms with Crippen LogP contribution in [0, 0.1) is 0 Å². The van der Waals surface area contributed by atoms with Crippen molar-refractivity contribution in [2.24, 2.45) is 0 Å². The molecule has 0 N–H and O–H groups in total. The second-order valence-electron chi connectivity index (χ2n) is 5.74. The second kappa shape index (κ2) is 3.84. The molecular formula is C19H18. The van der Waals surface area contributed by atoms with Gasteiger partial charge in [-0.25, -0.2) is 0 Å². The zero-order valence-electron chi connectivity index (χ0n) is 11.3. The summed E-state index contributed by atoms with van der Waals surface area (Å²) >= 11 is 0. The van der Waals surface area contributed by atoms with Crippen molar-refractivity contribution in [2.45, 2.75) is 31.1 Å². The van der Waals surface area contributed by atoms with E-state index in [9.17, 15) is 0 Å². The van der Waals surface area contributed by atoms with E-state index < -0.39 is 0 Å². The predicted molar refractivity (Wildman–Crippen MR) is 79.6 cm³/mol. The van der Waals surface area contributed by atoms with Crippen LogP contribution in [0.2, 0.25) is 0 Å². The second-order valence-corrected chi connectivity index (χ2v) is 5.74. The van der Waals surface area contributed by atoms with Crippen molar-refractivity contribution in [3.8, 4) is 0 Å². The van der Waals surface area contributed by atoms with Crippen LogP contribution in [0.15, 0.2) is 60.7 Å². The monoisotopic (exact) mass is 246 g/mol. The van der Waals surface area contributed by atoms with Crippen LogP contribution in [-0.4, -0.2) is 0 Å². The molecule has 0 atom stereocenters. The molecule has 0 amide bonds. The van der Waals surface area contributed by atoms with Gasteiger partial charge in [-0.1, -0.05) is 60.7 Å². The Morgan fingerprint density at radius 3 is 2.11 bits per heavy atom. The molecule has 0 fully saturated rings. The molecule has 0 nitrogen and oxygen atoms in total. The van der Waals surface area contributed by atoms with Gasteiger partial charge in [-0.05, 0) is 42.0 Å². The standard InChI is InChI=1S/C19H18/c1-2-12-19-13-11-14(15-7-3-5-9-17(15)19)16-8-4-6-10-18(16)19/h2-10,12,14H,11,13H2,1H3/b12-2-. The van der Waals surface area contributed by atoms with Gasteiger partial charge in [-0.3, -0.25) is 0 Å². The van der Waals surface area contributed by atoms with Gasteiger partial charge in [-0.2, -0.15) is 0 Å². The molecule has 0 heterocycles. The zero-order valence-corrected chi connectivity index (χ0v) is 11.3. The Balaban J connectivity index is 2.10. The number of allylic oxidation sites excluding steroid dienone is 2. The molecule has 2 aromatic rings. The summed E-state index contributed by atoms with van der Waals surface area (Å²) in [7, 11) is 0. The summed E-state index contributed by atoms with van der Waals surface area (Å²) in [4.78, 5) is 0. The fourth-order valence-electron chi connectivity index (χ4n) is 4.23. The lowest BCUT2D eigenvalue weighted by Crippen LogP contribution is -2.38. The fourth-order valence-corrected chi connectivity index (χ4v) is 4.23. The predicted octanol–water partition coefficient (Wildman–Crippen LogP) is 4.79. The summed E-state index contributed by atoms with van der Waals surface area (Å²) in [5.74, 6) is 0.611. The molecule has 0 heteroatoms. The third-order valence-corrected chi connectivity index (χ3v) is 4.91. The van der Waals surface area contributed by atoms with Crippen molar-refractivity contribution in [3.63, 3.8) is 0 Å². The number of fused-ring (bicyclic) bond motifs is 1. The van der Waals surface area contributed by atoms with Gasteiger partial charge in [0.15, 0.2) is 0 Å². The van der Waals surface area contributed by atoms with E-state index in [2.05, 4.69) is 67.6 Å². The lowest BCUT2D eigenvalue weighted by atomic mass is 9.55. The molecule has 5 rings (SSSR count). The Kier molecular flexibility index (Phi) is 2.23. The lowest BCUT2D eigenvalue weighted by Gasteiger charge is -2.48. The first-order valence-corrected chi connectivity index (χ1v) is 7.19. The molecular weight excluding hydrogens is 228 g/mol. The van der Waals surface area contributed by atoms with Gasteiger partial charge in [0, 0.05) is 11.3 Å². The minimum Gasteiger partial charge on any atom is -0.0904 e. The molecule has 2 bridgehead atoms. The third-order valence-electron chi connectivity index (χ3n) is 4.91. The van der Waals surface area contributed by atoms with Crippen molar-refractivity contribution in [2.75, 3.05) is 0 Å². The minimum absolute atomic E-state index is 0.122.